The number of hydrogen-bond acceptors (Lipinski definition) is 5. The Morgan fingerprint density at radius 2 is 2.09 bits per heavy atom. The molecule has 0 saturated carbocycles. The smallest absolute Gasteiger partial charge is 0.328 e. The van der Waals surface area contributed by atoms with Crippen molar-refractivity contribution in [1.29, 1.82) is 0 Å². The van der Waals surface area contributed by atoms with Crippen LogP contribution in [0.3, 0.4) is 0 Å². The lowest BCUT2D eigenvalue weighted by atomic mass is 10.2. The molecule has 23 heavy (non-hydrogen) atoms. The summed E-state index contributed by atoms with van der Waals surface area (Å²) in [4.78, 5) is 42.6. The second-order valence-electron chi connectivity index (χ2n) is 5.69. The molecule has 0 atom stereocenters. The second kappa shape index (κ2) is 6.91. The van der Waals surface area contributed by atoms with Crippen molar-refractivity contribution in [2.24, 2.45) is 0 Å². The van der Waals surface area contributed by atoms with Gasteiger partial charge in [-0.2, -0.15) is 0 Å². The van der Waals surface area contributed by atoms with Crippen molar-refractivity contribution in [3.05, 3.63) is 48.2 Å². The first kappa shape index (κ1) is 17.1. The van der Waals surface area contributed by atoms with E-state index in [1.165, 1.54) is 10.8 Å². The number of hydrogen-bond donors (Lipinski definition) is 2. The molecule has 0 spiro atoms. The fraction of sp³-hybridized carbons (Fsp3) is 0.467. The Labute approximate surface area is 137 Å². The number of H-pyrrole nitrogens is 1. The van der Waals surface area contributed by atoms with Crippen molar-refractivity contribution in [1.82, 2.24) is 19.9 Å². The van der Waals surface area contributed by atoms with E-state index < -0.39 is 11.2 Å². The quantitative estimate of drug-likeness (QED) is 0.853. The van der Waals surface area contributed by atoms with Crippen molar-refractivity contribution in [2.75, 3.05) is 0 Å². The predicted octanol–water partition coefficient (Wildman–Crippen LogP) is 1.05. The molecule has 7 nitrogen and oxygen atoms in total. The highest BCUT2D eigenvalue weighted by Crippen LogP contribution is 2.24. The van der Waals surface area contributed by atoms with E-state index in [1.54, 1.807) is 18.3 Å². The van der Waals surface area contributed by atoms with Gasteiger partial charge >= 0.3 is 5.69 Å². The summed E-state index contributed by atoms with van der Waals surface area (Å²) in [7, 11) is 0. The lowest BCUT2D eigenvalue weighted by Crippen LogP contribution is -2.36. The van der Waals surface area contributed by atoms with Gasteiger partial charge in [0.15, 0.2) is 0 Å². The lowest BCUT2D eigenvalue weighted by molar-refractivity contribution is -0.121. The maximum Gasteiger partial charge on any atom is 0.328 e. The van der Waals surface area contributed by atoms with E-state index >= 15 is 0 Å². The summed E-state index contributed by atoms with van der Waals surface area (Å²) >= 11 is 1.58. The molecule has 0 unspecified atom stereocenters. The first-order valence-electron chi connectivity index (χ1n) is 7.31. The van der Waals surface area contributed by atoms with Gasteiger partial charge in [-0.05, 0) is 13.8 Å². The van der Waals surface area contributed by atoms with Crippen molar-refractivity contribution in [3.63, 3.8) is 0 Å². The Bertz CT molecular complexity index is 832. The molecule has 8 heteroatoms. The zero-order valence-electron chi connectivity index (χ0n) is 13.6. The standard InChI is InChI=1S/C15H20N4O3S/c1-8(2)14-17-10(4)11(23-14)5-16-12(20)7-19-6-9(3)13(21)18-15(19)22/h6,8H,5,7H2,1-4H3,(H,16,20)(H,18,21,22). The van der Waals surface area contributed by atoms with Crippen LogP contribution in [0.1, 0.15) is 40.9 Å². The summed E-state index contributed by atoms with van der Waals surface area (Å²) < 4.78 is 1.19. The molecular weight excluding hydrogens is 316 g/mol. The predicted molar refractivity (Wildman–Crippen MR) is 88.8 cm³/mol. The third-order valence-electron chi connectivity index (χ3n) is 3.35. The molecule has 0 saturated heterocycles. The van der Waals surface area contributed by atoms with Gasteiger partial charge < -0.3 is 5.32 Å². The van der Waals surface area contributed by atoms with Gasteiger partial charge in [0.1, 0.15) is 6.54 Å². The Balaban J connectivity index is 2.02. The van der Waals surface area contributed by atoms with Crippen LogP contribution in [0.2, 0.25) is 0 Å². The number of aryl methyl sites for hydroxylation is 2. The Morgan fingerprint density at radius 3 is 2.70 bits per heavy atom. The summed E-state index contributed by atoms with van der Waals surface area (Å²) in [5, 5.41) is 3.82. The zero-order valence-corrected chi connectivity index (χ0v) is 14.4. The first-order valence-corrected chi connectivity index (χ1v) is 8.13. The van der Waals surface area contributed by atoms with Crippen LogP contribution in [-0.4, -0.2) is 20.4 Å². The number of aromatic nitrogens is 3. The van der Waals surface area contributed by atoms with Crippen LogP contribution < -0.4 is 16.6 Å². The molecule has 0 aliphatic rings. The van der Waals surface area contributed by atoms with E-state index in [0.717, 1.165) is 15.6 Å². The Kier molecular flexibility index (Phi) is 5.15. The van der Waals surface area contributed by atoms with Crippen LogP contribution >= 0.6 is 11.3 Å². The molecule has 0 fully saturated rings. The molecule has 0 aliphatic carbocycles. The molecule has 2 aromatic heterocycles. The third kappa shape index (κ3) is 4.16. The number of amides is 1. The van der Waals surface area contributed by atoms with Gasteiger partial charge in [0.2, 0.25) is 5.91 Å². The molecular formula is C15H20N4O3S. The van der Waals surface area contributed by atoms with Gasteiger partial charge in [0, 0.05) is 22.6 Å². The Morgan fingerprint density at radius 1 is 1.39 bits per heavy atom. The number of nitrogens with zero attached hydrogens (tertiary/aromatic N) is 2. The lowest BCUT2D eigenvalue weighted by Gasteiger charge is -2.07. The van der Waals surface area contributed by atoms with Gasteiger partial charge in [-0.1, -0.05) is 13.8 Å². The number of carbonyl (C=O) groups is 1. The third-order valence-corrected chi connectivity index (χ3v) is 4.81. The number of rotatable bonds is 5. The largest absolute Gasteiger partial charge is 0.350 e. The van der Waals surface area contributed by atoms with E-state index in [1.807, 2.05) is 6.92 Å². The van der Waals surface area contributed by atoms with Gasteiger partial charge in [0.05, 0.1) is 17.2 Å². The molecule has 2 rings (SSSR count). The van der Waals surface area contributed by atoms with Crippen LogP contribution in [0.15, 0.2) is 15.8 Å². The van der Waals surface area contributed by atoms with Crippen LogP contribution in [0, 0.1) is 13.8 Å². The minimum Gasteiger partial charge on any atom is -0.350 e. The average molecular weight is 336 g/mol. The first-order chi connectivity index (χ1) is 10.8. The number of thiazole rings is 1. The molecule has 1 amide bonds. The molecule has 2 heterocycles. The maximum atomic E-state index is 12.0. The van der Waals surface area contributed by atoms with E-state index in [4.69, 9.17) is 0 Å². The Hall–Kier alpha value is -2.22. The molecule has 0 aromatic carbocycles. The summed E-state index contributed by atoms with van der Waals surface area (Å²) in [5.74, 6) is 0.0586. The molecule has 0 bridgehead atoms. The summed E-state index contributed by atoms with van der Waals surface area (Å²) in [6.07, 6.45) is 1.38. The van der Waals surface area contributed by atoms with Crippen LogP contribution in [-0.2, 0) is 17.9 Å². The number of nitrogens with one attached hydrogen (secondary N) is 2. The fourth-order valence-electron chi connectivity index (χ4n) is 1.99. The van der Waals surface area contributed by atoms with E-state index in [0.29, 0.717) is 18.0 Å². The summed E-state index contributed by atoms with van der Waals surface area (Å²) in [6, 6.07) is 0. The number of aromatic amines is 1. The van der Waals surface area contributed by atoms with E-state index in [-0.39, 0.29) is 12.5 Å². The van der Waals surface area contributed by atoms with Gasteiger partial charge in [-0.15, -0.1) is 11.3 Å². The molecule has 0 aliphatic heterocycles. The average Bonchev–Trinajstić information content (AvgIpc) is 2.84. The minimum absolute atomic E-state index is 0.134. The highest BCUT2D eigenvalue weighted by Gasteiger charge is 2.12. The van der Waals surface area contributed by atoms with Gasteiger partial charge in [-0.3, -0.25) is 19.1 Å². The summed E-state index contributed by atoms with van der Waals surface area (Å²) in [6.45, 7) is 7.90. The number of carbonyl (C=O) groups excluding carboxylic acids is 1. The summed E-state index contributed by atoms with van der Waals surface area (Å²) in [5.41, 5.74) is 0.272. The highest BCUT2D eigenvalue weighted by atomic mass is 32.1. The molecule has 2 N–H and O–H groups in total. The van der Waals surface area contributed by atoms with E-state index in [2.05, 4.69) is 29.1 Å². The normalized spacial score (nSPS) is 11.0. The van der Waals surface area contributed by atoms with Gasteiger partial charge in [-0.25, -0.2) is 9.78 Å². The second-order valence-corrected chi connectivity index (χ2v) is 6.81. The SMILES string of the molecule is Cc1nc(C(C)C)sc1CNC(=O)Cn1cc(C)c(=O)[nH]c1=O. The van der Waals surface area contributed by atoms with Crippen LogP contribution in [0.25, 0.3) is 0 Å². The van der Waals surface area contributed by atoms with Crippen molar-refractivity contribution < 1.29 is 4.79 Å². The fourth-order valence-corrected chi connectivity index (χ4v) is 3.00. The van der Waals surface area contributed by atoms with E-state index in [9.17, 15) is 14.4 Å². The zero-order chi connectivity index (χ0) is 17.1. The topological polar surface area (TPSA) is 96.8 Å². The van der Waals surface area contributed by atoms with Gasteiger partial charge in [0.25, 0.3) is 5.56 Å². The molecule has 124 valence electrons. The van der Waals surface area contributed by atoms with Crippen LogP contribution in [0.5, 0.6) is 0 Å². The monoisotopic (exact) mass is 336 g/mol. The van der Waals surface area contributed by atoms with Crippen LogP contribution in [0.4, 0.5) is 0 Å². The van der Waals surface area contributed by atoms with Crippen molar-refractivity contribution >= 4 is 17.2 Å². The highest BCUT2D eigenvalue weighted by molar-refractivity contribution is 7.11. The van der Waals surface area contributed by atoms with Crippen molar-refractivity contribution in [3.8, 4) is 0 Å². The molecule has 0 radical (unpaired) electrons. The minimum atomic E-state index is -0.591. The molecule has 2 aromatic rings. The van der Waals surface area contributed by atoms with Crippen molar-refractivity contribution in [2.45, 2.75) is 46.7 Å². The maximum absolute atomic E-state index is 12.0.